The zero-order valence-electron chi connectivity index (χ0n) is 9.69. The molecular weight excluding hydrogens is 523 g/mol. The van der Waals surface area contributed by atoms with Crippen molar-refractivity contribution in [1.29, 1.82) is 0 Å². The molecule has 0 bridgehead atoms. The van der Waals surface area contributed by atoms with E-state index in [4.69, 9.17) is 35.0 Å². The molecule has 0 aromatic heterocycles. The Hall–Kier alpha value is 3.63. The molecule has 0 aliphatic carbocycles. The van der Waals surface area contributed by atoms with E-state index in [1.807, 2.05) is 0 Å². The Kier molecular flexibility index (Phi) is 155. The molecule has 16 N–H and O–H groups in total. The van der Waals surface area contributed by atoms with E-state index >= 15 is 0 Å². The van der Waals surface area contributed by atoms with Crippen molar-refractivity contribution in [3.05, 3.63) is 0 Å². The Morgan fingerprint density at radius 3 is 0.526 bits per heavy atom. The van der Waals surface area contributed by atoms with Crippen molar-refractivity contribution >= 4 is 20.8 Å². The molecule has 0 unspecified atom stereocenters. The van der Waals surface area contributed by atoms with Gasteiger partial charge in [-0.3, -0.25) is 16.8 Å². The maximum atomic E-state index is 8.52. The predicted octanol–water partition coefficient (Wildman–Crippen LogP) is -14.0. The van der Waals surface area contributed by atoms with Gasteiger partial charge >= 0.3 is 133 Å². The fraction of sp³-hybridized carbons (Fsp3) is 0. The van der Waals surface area contributed by atoms with Crippen LogP contribution in [0.25, 0.3) is 0 Å². The van der Waals surface area contributed by atoms with Crippen LogP contribution in [0.2, 0.25) is 0 Å². The average molecular weight is 539 g/mol. The second kappa shape index (κ2) is 37.7. The smallest absolute Gasteiger partial charge is 0.759 e. The Bertz CT molecular complexity index is 220. The van der Waals surface area contributed by atoms with Gasteiger partial charge in [0.25, 0.3) is 0 Å². The van der Waals surface area contributed by atoms with Crippen molar-refractivity contribution in [3.8, 4) is 0 Å². The van der Waals surface area contributed by atoms with Crippen molar-refractivity contribution in [3.63, 3.8) is 0 Å². The molecule has 19 heteroatoms. The third-order valence-corrected chi connectivity index (χ3v) is 0. The van der Waals surface area contributed by atoms with Crippen LogP contribution in [-0.2, 0) is 59.8 Å². The molecule has 0 aromatic rings. The van der Waals surface area contributed by atoms with Crippen molar-refractivity contribution in [2.45, 2.75) is 0 Å². The molecule has 0 spiro atoms. The van der Waals surface area contributed by atoms with Gasteiger partial charge in [0, 0.05) is 20.8 Å². The van der Waals surface area contributed by atoms with E-state index in [2.05, 4.69) is 0 Å². The SMILES string of the molecule is O.O.O=S(=O)([O-])[O-].O=S(=O)([O-])[O-].[Cu+2].[OH3+].[OH3+].[OH3+].[OH3+].[Rb+].[Rb+]. The predicted molar refractivity (Wildman–Crippen MR) is 47.7 cm³/mol. The van der Waals surface area contributed by atoms with E-state index in [9.17, 15) is 0 Å². The first-order chi connectivity index (χ1) is 4.00. The molecule has 0 fully saturated rings. The molecule has 0 aliphatic heterocycles. The quantitative estimate of drug-likeness (QED) is 0.123. The molecule has 19 heavy (non-hydrogen) atoms. The first-order valence-corrected chi connectivity index (χ1v) is 4.00. The van der Waals surface area contributed by atoms with Gasteiger partial charge < -0.3 is 51.1 Å². The second-order valence-electron chi connectivity index (χ2n) is 0.816. The third-order valence-electron chi connectivity index (χ3n) is 0. The van der Waals surface area contributed by atoms with Crippen LogP contribution in [-0.4, -0.2) is 46.0 Å². The molecular formula is H16CuO14Rb2S2+4. The monoisotopic (exact) mass is 537 g/mol. The van der Waals surface area contributed by atoms with Crippen LogP contribution in [0, 0.1) is 0 Å². The van der Waals surface area contributed by atoms with Crippen molar-refractivity contribution in [2.24, 2.45) is 0 Å². The molecule has 0 aliphatic rings. The molecule has 0 amide bonds. The summed E-state index contributed by atoms with van der Waals surface area (Å²) in [6.07, 6.45) is 0. The molecule has 14 nitrogen and oxygen atoms in total. The fourth-order valence-corrected chi connectivity index (χ4v) is 0. The Morgan fingerprint density at radius 1 is 0.526 bits per heavy atom. The van der Waals surface area contributed by atoms with Crippen molar-refractivity contribution < 1.29 is 201 Å². The van der Waals surface area contributed by atoms with E-state index in [0.717, 1.165) is 0 Å². The van der Waals surface area contributed by atoms with Gasteiger partial charge in [0.15, 0.2) is 0 Å². The minimum Gasteiger partial charge on any atom is -0.759 e. The Morgan fingerprint density at radius 2 is 0.526 bits per heavy atom. The molecule has 0 atom stereocenters. The Labute approximate surface area is 217 Å². The first kappa shape index (κ1) is 78.3. The average Bonchev–Trinajstić information content (AvgIpc) is 1.12. The third kappa shape index (κ3) is 633. The normalized spacial score (nSPS) is 6.11. The standard InChI is InChI=1S/Cu.2H2O4S.6H2O.2Rb/c;2*1-5(2,3)4;;;;;;;;/h;2*(H2,1,2,3,4);6*1H2;;/q+2;;;;;;;;;2*+1. The van der Waals surface area contributed by atoms with Crippen LogP contribution in [0.5, 0.6) is 0 Å². The number of hydrogen-bond acceptors (Lipinski definition) is 8. The maximum absolute atomic E-state index is 8.52. The molecule has 0 rings (SSSR count). The summed E-state index contributed by atoms with van der Waals surface area (Å²) < 4.78 is 68.2. The van der Waals surface area contributed by atoms with Gasteiger partial charge in [-0.25, -0.2) is 0 Å². The van der Waals surface area contributed by atoms with Crippen LogP contribution >= 0.6 is 0 Å². The fourth-order valence-electron chi connectivity index (χ4n) is 0. The Balaban J connectivity index is -0.00000000508. The van der Waals surface area contributed by atoms with E-state index in [1.165, 1.54) is 0 Å². The zero-order valence-corrected chi connectivity index (χ0v) is 22.1. The van der Waals surface area contributed by atoms with E-state index in [-0.39, 0.29) is 166 Å². The molecule has 121 valence electrons. The van der Waals surface area contributed by atoms with Crippen molar-refractivity contribution in [1.82, 2.24) is 0 Å². The topological polar surface area (TPSA) is 356 Å². The van der Waals surface area contributed by atoms with E-state index in [1.54, 1.807) is 0 Å². The second-order valence-corrected chi connectivity index (χ2v) is 2.45. The van der Waals surface area contributed by atoms with Gasteiger partial charge in [-0.05, 0) is 0 Å². The van der Waals surface area contributed by atoms with Crippen LogP contribution in [0.15, 0.2) is 0 Å². The molecule has 1 radical (unpaired) electrons. The summed E-state index contributed by atoms with van der Waals surface area (Å²) in [6, 6.07) is 0. The van der Waals surface area contributed by atoms with E-state index in [0.29, 0.717) is 0 Å². The van der Waals surface area contributed by atoms with Gasteiger partial charge in [-0.15, -0.1) is 0 Å². The van der Waals surface area contributed by atoms with Gasteiger partial charge in [0.05, 0.1) is 0 Å². The zero-order chi connectivity index (χ0) is 9.00. The summed E-state index contributed by atoms with van der Waals surface area (Å²) in [5, 5.41) is 0. The van der Waals surface area contributed by atoms with Crippen LogP contribution in [0.1, 0.15) is 0 Å². The molecule has 0 heterocycles. The van der Waals surface area contributed by atoms with Crippen molar-refractivity contribution in [2.75, 3.05) is 0 Å². The van der Waals surface area contributed by atoms with Gasteiger partial charge in [0.2, 0.25) is 0 Å². The summed E-state index contributed by atoms with van der Waals surface area (Å²) in [5.41, 5.74) is 0. The maximum Gasteiger partial charge on any atom is 2.00 e. The van der Waals surface area contributed by atoms with Crippen LogP contribution in [0.4, 0.5) is 0 Å². The minimum atomic E-state index is -5.17. The summed E-state index contributed by atoms with van der Waals surface area (Å²) in [5.74, 6) is 0. The molecule has 0 saturated carbocycles. The van der Waals surface area contributed by atoms with Gasteiger partial charge in [-0.2, -0.15) is 0 Å². The first-order valence-electron chi connectivity index (χ1n) is 1.33. The minimum absolute atomic E-state index is 0. The van der Waals surface area contributed by atoms with Crippen LogP contribution < -0.4 is 116 Å². The van der Waals surface area contributed by atoms with Crippen LogP contribution in [0.3, 0.4) is 0 Å². The van der Waals surface area contributed by atoms with E-state index < -0.39 is 20.8 Å². The largest absolute Gasteiger partial charge is 2.00 e. The van der Waals surface area contributed by atoms with Gasteiger partial charge in [-0.1, -0.05) is 0 Å². The molecule has 0 saturated heterocycles. The van der Waals surface area contributed by atoms with Gasteiger partial charge in [0.1, 0.15) is 0 Å². The summed E-state index contributed by atoms with van der Waals surface area (Å²) in [4.78, 5) is 0. The summed E-state index contributed by atoms with van der Waals surface area (Å²) in [6.45, 7) is 0. The number of hydrogen-bond donors (Lipinski definition) is 0. The molecule has 0 aromatic carbocycles. The summed E-state index contributed by atoms with van der Waals surface area (Å²) >= 11 is 0. The summed E-state index contributed by atoms with van der Waals surface area (Å²) in [7, 11) is -10.3. The number of rotatable bonds is 0.